The van der Waals surface area contributed by atoms with Crippen molar-refractivity contribution in [1.82, 2.24) is 20.1 Å². The van der Waals surface area contributed by atoms with Gasteiger partial charge in [-0.3, -0.25) is 4.79 Å². The number of benzene rings is 1. The van der Waals surface area contributed by atoms with E-state index < -0.39 is 5.82 Å². The number of hydrogen-bond acceptors (Lipinski definition) is 3. The van der Waals surface area contributed by atoms with E-state index in [4.69, 9.17) is 11.6 Å². The number of aromatic nitrogens is 3. The maximum Gasteiger partial charge on any atom is 0.253 e. The van der Waals surface area contributed by atoms with Crippen LogP contribution in [0.3, 0.4) is 0 Å². The summed E-state index contributed by atoms with van der Waals surface area (Å²) in [7, 11) is 0. The van der Waals surface area contributed by atoms with E-state index in [1.54, 1.807) is 41.3 Å². The number of nitrogens with zero attached hydrogens (tertiary/aromatic N) is 3. The molecule has 116 valence electrons. The Kier molecular flexibility index (Phi) is 4.34. The van der Waals surface area contributed by atoms with Crippen molar-refractivity contribution in [1.29, 1.82) is 0 Å². The molecule has 0 saturated heterocycles. The van der Waals surface area contributed by atoms with Gasteiger partial charge in [0.2, 0.25) is 0 Å². The molecule has 5 nitrogen and oxygen atoms in total. The third-order valence-corrected chi connectivity index (χ3v) is 3.48. The fraction of sp³-hybridized carbons (Fsp3) is 0.0625. The highest BCUT2D eigenvalue weighted by atomic mass is 35.5. The lowest BCUT2D eigenvalue weighted by Gasteiger charge is -2.07. The van der Waals surface area contributed by atoms with Gasteiger partial charge in [-0.25, -0.2) is 14.1 Å². The van der Waals surface area contributed by atoms with Crippen molar-refractivity contribution in [3.8, 4) is 5.82 Å². The van der Waals surface area contributed by atoms with Crippen molar-refractivity contribution in [2.75, 3.05) is 0 Å². The molecule has 3 aromatic rings. The van der Waals surface area contributed by atoms with Crippen molar-refractivity contribution < 1.29 is 9.18 Å². The van der Waals surface area contributed by atoms with E-state index in [9.17, 15) is 9.18 Å². The van der Waals surface area contributed by atoms with Gasteiger partial charge in [-0.05, 0) is 35.9 Å². The average molecular weight is 331 g/mol. The smallest absolute Gasteiger partial charge is 0.253 e. The minimum absolute atomic E-state index is 0.0296. The number of halogens is 2. The molecule has 3 rings (SSSR count). The summed E-state index contributed by atoms with van der Waals surface area (Å²) >= 11 is 5.71. The topological polar surface area (TPSA) is 59.8 Å². The lowest BCUT2D eigenvalue weighted by Crippen LogP contribution is -2.23. The molecule has 1 amide bonds. The molecule has 7 heteroatoms. The molecule has 1 N–H and O–H groups in total. The second-order valence-corrected chi connectivity index (χ2v) is 5.19. The third-order valence-electron chi connectivity index (χ3n) is 3.19. The number of pyridine rings is 1. The first-order valence-electron chi connectivity index (χ1n) is 6.82. The molecule has 0 radical (unpaired) electrons. The second-order valence-electron chi connectivity index (χ2n) is 4.79. The normalized spacial score (nSPS) is 10.5. The van der Waals surface area contributed by atoms with Gasteiger partial charge in [0.25, 0.3) is 5.91 Å². The highest BCUT2D eigenvalue weighted by Crippen LogP contribution is 2.16. The first kappa shape index (κ1) is 15.2. The third kappa shape index (κ3) is 3.54. The highest BCUT2D eigenvalue weighted by molar-refractivity contribution is 6.30. The Balaban J connectivity index is 1.65. The number of carbonyl (C=O) groups excluding carboxylic acids is 1. The largest absolute Gasteiger partial charge is 0.348 e. The van der Waals surface area contributed by atoms with E-state index >= 15 is 0 Å². The maximum absolute atomic E-state index is 13.1. The molecule has 0 aliphatic heterocycles. The average Bonchev–Trinajstić information content (AvgIpc) is 3.10. The van der Waals surface area contributed by atoms with Crippen molar-refractivity contribution in [3.05, 3.63) is 77.0 Å². The van der Waals surface area contributed by atoms with E-state index in [0.717, 1.165) is 0 Å². The van der Waals surface area contributed by atoms with Gasteiger partial charge in [0.15, 0.2) is 5.82 Å². The van der Waals surface area contributed by atoms with Gasteiger partial charge in [-0.2, -0.15) is 5.10 Å². The zero-order valence-corrected chi connectivity index (χ0v) is 12.7. The standard InChI is InChI=1S/C16H12ClFN4O/c17-13-8-11(2-4-14(13)18)9-20-16(23)12-3-5-15(19-10-12)22-7-1-6-21-22/h1-8,10H,9H2,(H,20,23). The Bertz CT molecular complexity index is 819. The molecule has 23 heavy (non-hydrogen) atoms. The Hall–Kier alpha value is -2.73. The number of rotatable bonds is 4. The molecule has 0 aliphatic rings. The fourth-order valence-electron chi connectivity index (χ4n) is 1.99. The monoisotopic (exact) mass is 330 g/mol. The highest BCUT2D eigenvalue weighted by Gasteiger charge is 2.08. The molecule has 2 heterocycles. The van der Waals surface area contributed by atoms with Crippen molar-refractivity contribution >= 4 is 17.5 Å². The van der Waals surface area contributed by atoms with Crippen LogP contribution in [0.5, 0.6) is 0 Å². The first-order chi connectivity index (χ1) is 11.1. The van der Waals surface area contributed by atoms with Crippen LogP contribution in [-0.4, -0.2) is 20.7 Å². The van der Waals surface area contributed by atoms with Gasteiger partial charge in [0, 0.05) is 25.1 Å². The molecule has 0 aliphatic carbocycles. The first-order valence-corrected chi connectivity index (χ1v) is 7.19. The van der Waals surface area contributed by atoms with Gasteiger partial charge < -0.3 is 5.32 Å². The summed E-state index contributed by atoms with van der Waals surface area (Å²) < 4.78 is 14.7. The summed E-state index contributed by atoms with van der Waals surface area (Å²) in [6.45, 7) is 0.250. The van der Waals surface area contributed by atoms with Crippen LogP contribution in [0.2, 0.25) is 5.02 Å². The number of carbonyl (C=O) groups is 1. The van der Waals surface area contributed by atoms with E-state index in [0.29, 0.717) is 16.9 Å². The predicted octanol–water partition coefficient (Wildman–Crippen LogP) is 2.99. The molecule has 0 saturated carbocycles. The quantitative estimate of drug-likeness (QED) is 0.800. The minimum Gasteiger partial charge on any atom is -0.348 e. The summed E-state index contributed by atoms with van der Waals surface area (Å²) in [5, 5.41) is 6.83. The maximum atomic E-state index is 13.1. The molecule has 0 bridgehead atoms. The zero-order valence-electron chi connectivity index (χ0n) is 11.9. The van der Waals surface area contributed by atoms with Crippen molar-refractivity contribution in [2.24, 2.45) is 0 Å². The van der Waals surface area contributed by atoms with Gasteiger partial charge in [-0.15, -0.1) is 0 Å². The van der Waals surface area contributed by atoms with Crippen LogP contribution >= 0.6 is 11.6 Å². The molecule has 0 spiro atoms. The molecular weight excluding hydrogens is 319 g/mol. The number of hydrogen-bond donors (Lipinski definition) is 1. The molecule has 0 atom stereocenters. The summed E-state index contributed by atoms with van der Waals surface area (Å²) in [5.74, 6) is -0.137. The van der Waals surface area contributed by atoms with E-state index in [-0.39, 0.29) is 17.5 Å². The molecule has 0 unspecified atom stereocenters. The Labute approximate surface area is 136 Å². The molecule has 1 aromatic carbocycles. The molecule has 0 fully saturated rings. The lowest BCUT2D eigenvalue weighted by molar-refractivity contribution is 0.0950. The van der Waals surface area contributed by atoms with Gasteiger partial charge >= 0.3 is 0 Å². The SMILES string of the molecule is O=C(NCc1ccc(F)c(Cl)c1)c1ccc(-n2cccn2)nc1. The van der Waals surface area contributed by atoms with E-state index in [1.807, 2.05) is 0 Å². The van der Waals surface area contributed by atoms with Crippen LogP contribution in [-0.2, 0) is 6.54 Å². The summed E-state index contributed by atoms with van der Waals surface area (Å²) in [6.07, 6.45) is 4.89. The van der Waals surface area contributed by atoms with Crippen molar-refractivity contribution in [2.45, 2.75) is 6.54 Å². The van der Waals surface area contributed by atoms with Crippen LogP contribution in [0.1, 0.15) is 15.9 Å². The molecular formula is C16H12ClFN4O. The predicted molar refractivity (Wildman–Crippen MR) is 83.9 cm³/mol. The second kappa shape index (κ2) is 6.58. The summed E-state index contributed by atoms with van der Waals surface area (Å²) in [5.41, 5.74) is 1.14. The van der Waals surface area contributed by atoms with Crippen LogP contribution < -0.4 is 5.32 Å². The minimum atomic E-state index is -0.486. The Morgan fingerprint density at radius 1 is 1.30 bits per heavy atom. The van der Waals surface area contributed by atoms with Crippen LogP contribution in [0, 0.1) is 5.82 Å². The van der Waals surface area contributed by atoms with Gasteiger partial charge in [0.05, 0.1) is 10.6 Å². The van der Waals surface area contributed by atoms with Gasteiger partial charge in [-0.1, -0.05) is 17.7 Å². The van der Waals surface area contributed by atoms with Crippen LogP contribution in [0.4, 0.5) is 4.39 Å². The lowest BCUT2D eigenvalue weighted by atomic mass is 10.2. The van der Waals surface area contributed by atoms with E-state index in [1.165, 1.54) is 18.3 Å². The number of amides is 1. The fourth-order valence-corrected chi connectivity index (χ4v) is 2.20. The van der Waals surface area contributed by atoms with Crippen molar-refractivity contribution in [3.63, 3.8) is 0 Å². The van der Waals surface area contributed by atoms with Crippen LogP contribution in [0.15, 0.2) is 55.0 Å². The summed E-state index contributed by atoms with van der Waals surface area (Å²) in [4.78, 5) is 16.3. The zero-order chi connectivity index (χ0) is 16.2. The van der Waals surface area contributed by atoms with E-state index in [2.05, 4.69) is 15.4 Å². The Morgan fingerprint density at radius 3 is 2.83 bits per heavy atom. The van der Waals surface area contributed by atoms with Crippen LogP contribution in [0.25, 0.3) is 5.82 Å². The Morgan fingerprint density at radius 2 is 2.17 bits per heavy atom. The summed E-state index contributed by atoms with van der Waals surface area (Å²) in [6, 6.07) is 9.48. The number of nitrogens with one attached hydrogen (secondary N) is 1. The molecule has 2 aromatic heterocycles. The van der Waals surface area contributed by atoms with Gasteiger partial charge in [0.1, 0.15) is 5.82 Å².